The van der Waals surface area contributed by atoms with Crippen molar-refractivity contribution in [2.24, 2.45) is 16.8 Å². The van der Waals surface area contributed by atoms with Crippen molar-refractivity contribution >= 4 is 5.84 Å². The summed E-state index contributed by atoms with van der Waals surface area (Å²) in [5, 5.41) is 11.5. The van der Waals surface area contributed by atoms with Gasteiger partial charge in [-0.2, -0.15) is 0 Å². The second kappa shape index (κ2) is 6.20. The first-order valence-corrected chi connectivity index (χ1v) is 5.44. The first-order chi connectivity index (χ1) is 8.04. The van der Waals surface area contributed by atoms with Crippen LogP contribution in [0.4, 0.5) is 4.39 Å². The summed E-state index contributed by atoms with van der Waals surface area (Å²) in [6, 6.07) is 6.66. The van der Waals surface area contributed by atoms with Crippen molar-refractivity contribution in [2.75, 3.05) is 13.6 Å². The van der Waals surface area contributed by atoms with E-state index in [1.807, 2.05) is 18.9 Å². The van der Waals surface area contributed by atoms with E-state index >= 15 is 0 Å². The lowest BCUT2D eigenvalue weighted by atomic mass is 10.1. The summed E-state index contributed by atoms with van der Waals surface area (Å²) in [6.45, 7) is 2.95. The van der Waals surface area contributed by atoms with Gasteiger partial charge >= 0.3 is 0 Å². The van der Waals surface area contributed by atoms with E-state index in [0.717, 1.165) is 0 Å². The summed E-state index contributed by atoms with van der Waals surface area (Å²) in [7, 11) is 1.87. The molecule has 3 N–H and O–H groups in total. The van der Waals surface area contributed by atoms with Crippen LogP contribution in [0.5, 0.6) is 0 Å². The molecule has 1 aromatic carbocycles. The SMILES string of the molecule is CC(CN(C)Cc1ccccc1F)/C(N)=N/O. The second-order valence-electron chi connectivity index (χ2n) is 4.21. The van der Waals surface area contributed by atoms with Gasteiger partial charge in [0.1, 0.15) is 11.7 Å². The molecule has 0 aliphatic carbocycles. The molecule has 4 nitrogen and oxygen atoms in total. The van der Waals surface area contributed by atoms with E-state index in [-0.39, 0.29) is 17.6 Å². The topological polar surface area (TPSA) is 61.8 Å². The van der Waals surface area contributed by atoms with Crippen molar-refractivity contribution in [2.45, 2.75) is 13.5 Å². The minimum absolute atomic E-state index is 0.0724. The van der Waals surface area contributed by atoms with Crippen molar-refractivity contribution in [1.82, 2.24) is 4.90 Å². The third-order valence-electron chi connectivity index (χ3n) is 2.60. The number of nitrogens with zero attached hydrogens (tertiary/aromatic N) is 2. The molecule has 0 bridgehead atoms. The largest absolute Gasteiger partial charge is 0.409 e. The molecule has 0 fully saturated rings. The normalized spacial score (nSPS) is 14.0. The average Bonchev–Trinajstić information content (AvgIpc) is 2.31. The highest BCUT2D eigenvalue weighted by Gasteiger charge is 2.12. The van der Waals surface area contributed by atoms with E-state index in [2.05, 4.69) is 5.16 Å². The standard InChI is InChI=1S/C12H18FN3O/c1-9(12(14)15-17)7-16(2)8-10-5-3-4-6-11(10)13/h3-6,9,17H,7-8H2,1-2H3,(H2,14,15). The number of rotatable bonds is 5. The molecule has 0 heterocycles. The quantitative estimate of drug-likeness (QED) is 0.355. The van der Waals surface area contributed by atoms with Crippen LogP contribution in [0.1, 0.15) is 12.5 Å². The van der Waals surface area contributed by atoms with Crippen molar-refractivity contribution in [3.63, 3.8) is 0 Å². The second-order valence-corrected chi connectivity index (χ2v) is 4.21. The molecule has 0 aliphatic heterocycles. The third kappa shape index (κ3) is 4.03. The molecule has 0 spiro atoms. The fraction of sp³-hybridized carbons (Fsp3) is 0.417. The van der Waals surface area contributed by atoms with Crippen LogP contribution in [0.2, 0.25) is 0 Å². The Morgan fingerprint density at radius 2 is 2.18 bits per heavy atom. The van der Waals surface area contributed by atoms with Gasteiger partial charge in [0.2, 0.25) is 0 Å². The maximum absolute atomic E-state index is 13.4. The van der Waals surface area contributed by atoms with Crippen molar-refractivity contribution < 1.29 is 9.60 Å². The Bertz CT molecular complexity index is 395. The molecule has 0 saturated heterocycles. The summed E-state index contributed by atoms with van der Waals surface area (Å²) in [4.78, 5) is 1.93. The lowest BCUT2D eigenvalue weighted by molar-refractivity contribution is 0.288. The third-order valence-corrected chi connectivity index (χ3v) is 2.60. The fourth-order valence-corrected chi connectivity index (χ4v) is 1.64. The number of benzene rings is 1. The van der Waals surface area contributed by atoms with E-state index in [4.69, 9.17) is 10.9 Å². The Labute approximate surface area is 101 Å². The molecule has 0 aromatic heterocycles. The zero-order valence-corrected chi connectivity index (χ0v) is 10.1. The lowest BCUT2D eigenvalue weighted by Gasteiger charge is -2.20. The van der Waals surface area contributed by atoms with Crippen molar-refractivity contribution in [3.05, 3.63) is 35.6 Å². The van der Waals surface area contributed by atoms with Crippen LogP contribution < -0.4 is 5.73 Å². The predicted molar refractivity (Wildman–Crippen MR) is 65.3 cm³/mol. The van der Waals surface area contributed by atoms with E-state index in [1.165, 1.54) is 6.07 Å². The van der Waals surface area contributed by atoms with Gasteiger partial charge in [0, 0.05) is 24.6 Å². The molecule has 0 saturated carbocycles. The van der Waals surface area contributed by atoms with Crippen LogP contribution >= 0.6 is 0 Å². The highest BCUT2D eigenvalue weighted by Crippen LogP contribution is 2.10. The molecular weight excluding hydrogens is 221 g/mol. The van der Waals surface area contributed by atoms with Gasteiger partial charge in [-0.05, 0) is 13.1 Å². The molecular formula is C12H18FN3O. The van der Waals surface area contributed by atoms with E-state index < -0.39 is 0 Å². The first-order valence-electron chi connectivity index (χ1n) is 5.44. The van der Waals surface area contributed by atoms with Gasteiger partial charge < -0.3 is 15.8 Å². The van der Waals surface area contributed by atoms with Gasteiger partial charge in [-0.25, -0.2) is 4.39 Å². The molecule has 0 aliphatic rings. The van der Waals surface area contributed by atoms with Gasteiger partial charge in [-0.1, -0.05) is 30.3 Å². The van der Waals surface area contributed by atoms with Crippen LogP contribution in [0, 0.1) is 11.7 Å². The van der Waals surface area contributed by atoms with Gasteiger partial charge in [0.25, 0.3) is 0 Å². The molecule has 17 heavy (non-hydrogen) atoms. The number of nitrogens with two attached hydrogens (primary N) is 1. The van der Waals surface area contributed by atoms with Gasteiger partial charge in [0.15, 0.2) is 0 Å². The number of hydrogen-bond donors (Lipinski definition) is 2. The predicted octanol–water partition coefficient (Wildman–Crippen LogP) is 1.64. The first kappa shape index (κ1) is 13.4. The zero-order valence-electron chi connectivity index (χ0n) is 10.1. The zero-order chi connectivity index (χ0) is 12.8. The average molecular weight is 239 g/mol. The minimum Gasteiger partial charge on any atom is -0.409 e. The molecule has 0 amide bonds. The van der Waals surface area contributed by atoms with Crippen LogP contribution in [0.25, 0.3) is 0 Å². The Balaban J connectivity index is 2.56. The lowest BCUT2D eigenvalue weighted by Crippen LogP contribution is -2.32. The van der Waals surface area contributed by atoms with E-state index in [1.54, 1.807) is 18.2 Å². The number of hydrogen-bond acceptors (Lipinski definition) is 3. The highest BCUT2D eigenvalue weighted by atomic mass is 19.1. The Morgan fingerprint density at radius 3 is 2.76 bits per heavy atom. The monoisotopic (exact) mass is 239 g/mol. The summed E-state index contributed by atoms with van der Waals surface area (Å²) >= 11 is 0. The summed E-state index contributed by atoms with van der Waals surface area (Å²) < 4.78 is 13.4. The van der Waals surface area contributed by atoms with E-state index in [9.17, 15) is 4.39 Å². The Kier molecular flexibility index (Phi) is 4.90. The molecule has 94 valence electrons. The minimum atomic E-state index is -0.212. The van der Waals surface area contributed by atoms with Crippen LogP contribution in [-0.4, -0.2) is 29.5 Å². The fourth-order valence-electron chi connectivity index (χ4n) is 1.64. The number of oxime groups is 1. The maximum atomic E-state index is 13.4. The number of amidine groups is 1. The van der Waals surface area contributed by atoms with Gasteiger partial charge in [0.05, 0.1) is 0 Å². The van der Waals surface area contributed by atoms with E-state index in [0.29, 0.717) is 18.7 Å². The van der Waals surface area contributed by atoms with Crippen LogP contribution in [0.15, 0.2) is 29.4 Å². The van der Waals surface area contributed by atoms with Crippen molar-refractivity contribution in [1.29, 1.82) is 0 Å². The number of halogens is 1. The molecule has 1 unspecified atom stereocenters. The molecule has 1 atom stereocenters. The molecule has 1 rings (SSSR count). The van der Waals surface area contributed by atoms with Crippen molar-refractivity contribution in [3.8, 4) is 0 Å². The molecule has 5 heteroatoms. The Hall–Kier alpha value is -1.62. The Morgan fingerprint density at radius 1 is 1.53 bits per heavy atom. The molecule has 1 aromatic rings. The summed E-state index contributed by atoms with van der Waals surface area (Å²) in [5.74, 6) is -0.0991. The van der Waals surface area contributed by atoms with Crippen LogP contribution in [0.3, 0.4) is 0 Å². The summed E-state index contributed by atoms with van der Waals surface area (Å²) in [5.41, 5.74) is 6.13. The van der Waals surface area contributed by atoms with Gasteiger partial charge in [-0.3, -0.25) is 0 Å². The smallest absolute Gasteiger partial charge is 0.143 e. The van der Waals surface area contributed by atoms with Gasteiger partial charge in [-0.15, -0.1) is 0 Å². The highest BCUT2D eigenvalue weighted by molar-refractivity contribution is 5.82. The summed E-state index contributed by atoms with van der Waals surface area (Å²) in [6.07, 6.45) is 0. The molecule has 0 radical (unpaired) electrons. The maximum Gasteiger partial charge on any atom is 0.143 e. The van der Waals surface area contributed by atoms with Crippen LogP contribution in [-0.2, 0) is 6.54 Å².